The first kappa shape index (κ1) is 15.0. The number of hydrogen-bond acceptors (Lipinski definition) is 4. The van der Waals surface area contributed by atoms with Crippen LogP contribution in [-0.2, 0) is 11.9 Å². The smallest absolute Gasteiger partial charge is 0.282 e. The van der Waals surface area contributed by atoms with Gasteiger partial charge in [0.15, 0.2) is 0 Å². The first-order valence-corrected chi connectivity index (χ1v) is 6.22. The summed E-state index contributed by atoms with van der Waals surface area (Å²) >= 11 is 0. The molecule has 0 unspecified atom stereocenters. The lowest BCUT2D eigenvalue weighted by molar-refractivity contribution is 0.145. The maximum Gasteiger partial charge on any atom is 0.282 e. The van der Waals surface area contributed by atoms with Crippen molar-refractivity contribution in [2.45, 2.75) is 6.43 Å². The summed E-state index contributed by atoms with van der Waals surface area (Å²) in [5.74, 6) is 0.241. The normalized spacial score (nSPS) is 11.8. The summed E-state index contributed by atoms with van der Waals surface area (Å²) in [4.78, 5) is 4.79. The second-order valence-electron chi connectivity index (χ2n) is 4.21. The van der Waals surface area contributed by atoms with E-state index in [0.717, 1.165) is 5.56 Å². The zero-order valence-corrected chi connectivity index (χ0v) is 11.7. The number of aryl methyl sites for hydroxylation is 1. The second kappa shape index (κ2) is 6.83. The second-order valence-corrected chi connectivity index (χ2v) is 4.21. The quantitative estimate of drug-likeness (QED) is 0.608. The molecule has 7 heteroatoms. The molecule has 0 aliphatic carbocycles. The molecule has 0 fully saturated rings. The Balaban J connectivity index is 2.11. The molecule has 5 nitrogen and oxygen atoms in total. The van der Waals surface area contributed by atoms with Gasteiger partial charge in [0, 0.05) is 18.7 Å². The van der Waals surface area contributed by atoms with Crippen molar-refractivity contribution < 1.29 is 18.4 Å². The largest absolute Gasteiger partial charge is 0.471 e. The third kappa shape index (κ3) is 3.77. The third-order valence-corrected chi connectivity index (χ3v) is 2.74. The van der Waals surface area contributed by atoms with Crippen LogP contribution in [0.15, 0.2) is 41.6 Å². The number of alkyl halides is 2. The fraction of sp³-hybridized carbons (Fsp3) is 0.286. The Labute approximate surface area is 120 Å². The number of benzene rings is 1. The highest BCUT2D eigenvalue weighted by Gasteiger charge is 2.15. The number of oxime groups is 1. The van der Waals surface area contributed by atoms with Gasteiger partial charge in [-0.15, -0.1) is 0 Å². The van der Waals surface area contributed by atoms with Gasteiger partial charge in [-0.3, -0.25) is 0 Å². The van der Waals surface area contributed by atoms with Crippen molar-refractivity contribution in [1.29, 1.82) is 0 Å². The summed E-state index contributed by atoms with van der Waals surface area (Å²) in [5, 5.41) is 7.57. The van der Waals surface area contributed by atoms with Crippen LogP contribution >= 0.6 is 0 Å². The molecule has 0 radical (unpaired) electrons. The van der Waals surface area contributed by atoms with Crippen LogP contribution in [0.5, 0.6) is 5.88 Å². The number of rotatable bonds is 6. The number of nitrogens with zero attached hydrogens (tertiary/aromatic N) is 3. The van der Waals surface area contributed by atoms with Crippen molar-refractivity contribution in [3.63, 3.8) is 0 Å². The zero-order valence-electron chi connectivity index (χ0n) is 11.7. The molecule has 0 saturated heterocycles. The van der Waals surface area contributed by atoms with E-state index >= 15 is 0 Å². The Kier molecular flexibility index (Phi) is 4.86. The van der Waals surface area contributed by atoms with E-state index < -0.39 is 6.43 Å². The summed E-state index contributed by atoms with van der Waals surface area (Å²) in [7, 11) is 2.97. The van der Waals surface area contributed by atoms with Gasteiger partial charge < -0.3 is 9.57 Å². The Morgan fingerprint density at radius 3 is 2.62 bits per heavy atom. The average molecular weight is 295 g/mol. The van der Waals surface area contributed by atoms with Gasteiger partial charge in [0.2, 0.25) is 5.88 Å². The van der Waals surface area contributed by atoms with Gasteiger partial charge in [0.25, 0.3) is 6.43 Å². The molecule has 2 rings (SSSR count). The first-order valence-electron chi connectivity index (χ1n) is 6.22. The molecular formula is C14H15F2N3O2. The van der Waals surface area contributed by atoms with Crippen molar-refractivity contribution in [3.8, 4) is 5.88 Å². The maximum absolute atomic E-state index is 12.6. The van der Waals surface area contributed by atoms with Crippen LogP contribution in [0.2, 0.25) is 0 Å². The third-order valence-electron chi connectivity index (χ3n) is 2.74. The van der Waals surface area contributed by atoms with Crippen molar-refractivity contribution in [1.82, 2.24) is 9.78 Å². The molecule has 0 aliphatic rings. The van der Waals surface area contributed by atoms with Gasteiger partial charge in [0.05, 0.1) is 0 Å². The molecule has 112 valence electrons. The Morgan fingerprint density at radius 2 is 2.05 bits per heavy atom. The standard InChI is InChI=1S/C14H15F2N3O2/c1-19-13(8-11(17-19)14(15)16)21-9-12(18-20-2)10-6-4-3-5-7-10/h3-8,14H,9H2,1-2H3. The van der Waals surface area contributed by atoms with E-state index in [1.165, 1.54) is 24.9 Å². The molecule has 1 aromatic heterocycles. The van der Waals surface area contributed by atoms with Crippen LogP contribution in [0.4, 0.5) is 8.78 Å². The minimum Gasteiger partial charge on any atom is -0.471 e. The molecule has 0 bridgehead atoms. The van der Waals surface area contributed by atoms with Crippen molar-refractivity contribution >= 4 is 5.71 Å². The molecule has 0 amide bonds. The molecular weight excluding hydrogens is 280 g/mol. The van der Waals surface area contributed by atoms with Gasteiger partial charge in [-0.1, -0.05) is 35.5 Å². The average Bonchev–Trinajstić information content (AvgIpc) is 2.86. The molecule has 21 heavy (non-hydrogen) atoms. The number of halogens is 2. The van der Waals surface area contributed by atoms with Crippen LogP contribution in [-0.4, -0.2) is 29.2 Å². The van der Waals surface area contributed by atoms with E-state index in [1.54, 1.807) is 0 Å². The van der Waals surface area contributed by atoms with E-state index in [0.29, 0.717) is 5.71 Å². The maximum atomic E-state index is 12.6. The van der Waals surface area contributed by atoms with E-state index in [1.807, 2.05) is 30.3 Å². The minimum atomic E-state index is -2.63. The SMILES string of the molecule is CON=C(COc1cc(C(F)F)nn1C)c1ccccc1. The number of hydrogen-bond donors (Lipinski definition) is 0. The van der Waals surface area contributed by atoms with Crippen molar-refractivity contribution in [2.24, 2.45) is 12.2 Å². The lowest BCUT2D eigenvalue weighted by Crippen LogP contribution is -2.14. The van der Waals surface area contributed by atoms with Crippen LogP contribution in [0, 0.1) is 0 Å². The van der Waals surface area contributed by atoms with Crippen molar-refractivity contribution in [3.05, 3.63) is 47.7 Å². The molecule has 1 aromatic carbocycles. The fourth-order valence-corrected chi connectivity index (χ4v) is 1.76. The van der Waals surface area contributed by atoms with Crippen LogP contribution in [0.1, 0.15) is 17.7 Å². The minimum absolute atomic E-state index is 0.0834. The van der Waals surface area contributed by atoms with E-state index in [9.17, 15) is 8.78 Å². The van der Waals surface area contributed by atoms with Crippen LogP contribution in [0.3, 0.4) is 0 Å². The highest BCUT2D eigenvalue weighted by molar-refractivity contribution is 6.01. The van der Waals surface area contributed by atoms with Gasteiger partial charge in [-0.25, -0.2) is 13.5 Å². The molecule has 0 atom stereocenters. The molecule has 0 saturated carbocycles. The van der Waals surface area contributed by atoms with Crippen LogP contribution in [0.25, 0.3) is 0 Å². The fourth-order valence-electron chi connectivity index (χ4n) is 1.76. The Bertz CT molecular complexity index is 612. The predicted molar refractivity (Wildman–Crippen MR) is 73.6 cm³/mol. The summed E-state index contributed by atoms with van der Waals surface area (Å²) in [6, 6.07) is 10.5. The van der Waals surface area contributed by atoms with Gasteiger partial charge in [0.1, 0.15) is 25.1 Å². The summed E-state index contributed by atoms with van der Waals surface area (Å²) in [5.41, 5.74) is 1.06. The topological polar surface area (TPSA) is 48.6 Å². The first-order chi connectivity index (χ1) is 10.1. The van der Waals surface area contributed by atoms with Gasteiger partial charge in [-0.2, -0.15) is 5.10 Å². The van der Waals surface area contributed by atoms with E-state index in [-0.39, 0.29) is 18.2 Å². The van der Waals surface area contributed by atoms with Gasteiger partial charge >= 0.3 is 0 Å². The highest BCUT2D eigenvalue weighted by Crippen LogP contribution is 2.21. The van der Waals surface area contributed by atoms with Crippen molar-refractivity contribution in [2.75, 3.05) is 13.7 Å². The Hall–Kier alpha value is -2.44. The molecule has 1 heterocycles. The number of ether oxygens (including phenoxy) is 1. The monoisotopic (exact) mass is 295 g/mol. The van der Waals surface area contributed by atoms with E-state index in [2.05, 4.69) is 10.3 Å². The van der Waals surface area contributed by atoms with Crippen LogP contribution < -0.4 is 4.74 Å². The predicted octanol–water partition coefficient (Wildman–Crippen LogP) is 2.79. The number of aromatic nitrogens is 2. The summed E-state index contributed by atoms with van der Waals surface area (Å²) in [6.45, 7) is 0.0834. The van der Waals surface area contributed by atoms with Gasteiger partial charge in [-0.05, 0) is 0 Å². The summed E-state index contributed by atoms with van der Waals surface area (Å²) < 4.78 is 31.9. The zero-order chi connectivity index (χ0) is 15.2. The summed E-state index contributed by atoms with van der Waals surface area (Å²) in [6.07, 6.45) is -2.63. The highest BCUT2D eigenvalue weighted by atomic mass is 19.3. The molecule has 0 spiro atoms. The molecule has 2 aromatic rings. The molecule has 0 N–H and O–H groups in total. The lowest BCUT2D eigenvalue weighted by Gasteiger charge is -2.08. The molecule has 0 aliphatic heterocycles. The Morgan fingerprint density at radius 1 is 1.33 bits per heavy atom. The lowest BCUT2D eigenvalue weighted by atomic mass is 10.1. The van der Waals surface area contributed by atoms with E-state index in [4.69, 9.17) is 9.57 Å².